The van der Waals surface area contributed by atoms with E-state index in [9.17, 15) is 14.3 Å². The van der Waals surface area contributed by atoms with Gasteiger partial charge in [0, 0.05) is 39.9 Å². The second-order valence-corrected chi connectivity index (χ2v) is 6.03. The SMILES string of the molecule is CN=C(NCc1ccc(O)c(F)c1)N1CCN(c2cnn(C)c2)C(=O)C1. The summed E-state index contributed by atoms with van der Waals surface area (Å²) in [6, 6.07) is 4.20. The summed E-state index contributed by atoms with van der Waals surface area (Å²) in [5, 5.41) is 16.5. The molecule has 1 aromatic carbocycles. The molecular formula is C17H21FN6O2. The number of piperazine rings is 1. The van der Waals surface area contributed by atoms with Crippen molar-refractivity contribution in [3.8, 4) is 5.75 Å². The number of guanidine groups is 1. The zero-order valence-corrected chi connectivity index (χ0v) is 14.7. The van der Waals surface area contributed by atoms with E-state index in [1.165, 1.54) is 12.1 Å². The Morgan fingerprint density at radius 3 is 2.85 bits per heavy atom. The van der Waals surface area contributed by atoms with Crippen LogP contribution in [0.5, 0.6) is 5.75 Å². The Morgan fingerprint density at radius 2 is 2.23 bits per heavy atom. The van der Waals surface area contributed by atoms with Crippen molar-refractivity contribution in [2.75, 3.05) is 31.6 Å². The number of carbonyl (C=O) groups is 1. The van der Waals surface area contributed by atoms with Crippen LogP contribution in [0.1, 0.15) is 5.56 Å². The Balaban J connectivity index is 1.61. The molecule has 8 nitrogen and oxygen atoms in total. The maximum Gasteiger partial charge on any atom is 0.246 e. The molecule has 1 amide bonds. The second kappa shape index (κ2) is 7.42. The average molecular weight is 360 g/mol. The number of hydrogen-bond acceptors (Lipinski definition) is 4. The normalized spacial score (nSPS) is 15.5. The minimum Gasteiger partial charge on any atom is -0.505 e. The first-order valence-electron chi connectivity index (χ1n) is 8.20. The number of phenols is 1. The van der Waals surface area contributed by atoms with Crippen LogP contribution in [0.2, 0.25) is 0 Å². The molecule has 0 bridgehead atoms. The van der Waals surface area contributed by atoms with Gasteiger partial charge in [0.1, 0.15) is 6.54 Å². The van der Waals surface area contributed by atoms with E-state index in [0.29, 0.717) is 31.2 Å². The number of carbonyl (C=O) groups excluding carboxylic acids is 1. The van der Waals surface area contributed by atoms with E-state index >= 15 is 0 Å². The van der Waals surface area contributed by atoms with Crippen molar-refractivity contribution >= 4 is 17.6 Å². The van der Waals surface area contributed by atoms with Gasteiger partial charge >= 0.3 is 0 Å². The number of phenolic OH excluding ortho intramolecular Hbond substituents is 1. The highest BCUT2D eigenvalue weighted by molar-refractivity contribution is 5.98. The van der Waals surface area contributed by atoms with Gasteiger partial charge in [-0.15, -0.1) is 0 Å². The van der Waals surface area contributed by atoms with E-state index in [0.717, 1.165) is 5.69 Å². The highest BCUT2D eigenvalue weighted by Crippen LogP contribution is 2.17. The van der Waals surface area contributed by atoms with Crippen LogP contribution in [0.15, 0.2) is 35.6 Å². The molecule has 0 radical (unpaired) electrons. The Morgan fingerprint density at radius 1 is 1.42 bits per heavy atom. The van der Waals surface area contributed by atoms with Crippen LogP contribution < -0.4 is 10.2 Å². The number of halogens is 1. The van der Waals surface area contributed by atoms with Gasteiger partial charge in [-0.1, -0.05) is 6.07 Å². The minimum absolute atomic E-state index is 0.0390. The third kappa shape index (κ3) is 3.76. The fraction of sp³-hybridized carbons (Fsp3) is 0.353. The summed E-state index contributed by atoms with van der Waals surface area (Å²) in [4.78, 5) is 20.2. The molecule has 1 aliphatic heterocycles. The zero-order chi connectivity index (χ0) is 18.7. The predicted octanol–water partition coefficient (Wildman–Crippen LogP) is 0.689. The molecule has 1 aliphatic rings. The van der Waals surface area contributed by atoms with Crippen molar-refractivity contribution in [3.05, 3.63) is 42.0 Å². The van der Waals surface area contributed by atoms with E-state index < -0.39 is 5.82 Å². The van der Waals surface area contributed by atoms with Gasteiger partial charge in [-0.05, 0) is 17.7 Å². The molecule has 2 aromatic rings. The molecule has 26 heavy (non-hydrogen) atoms. The summed E-state index contributed by atoms with van der Waals surface area (Å²) in [5.74, 6) is -0.518. The molecule has 1 aromatic heterocycles. The van der Waals surface area contributed by atoms with Gasteiger partial charge in [0.2, 0.25) is 5.91 Å². The summed E-state index contributed by atoms with van der Waals surface area (Å²) in [7, 11) is 3.44. The van der Waals surface area contributed by atoms with E-state index in [1.807, 2.05) is 11.9 Å². The monoisotopic (exact) mass is 360 g/mol. The molecule has 138 valence electrons. The first-order chi connectivity index (χ1) is 12.5. The van der Waals surface area contributed by atoms with Crippen LogP contribution >= 0.6 is 0 Å². The number of amides is 1. The number of aryl methyl sites for hydroxylation is 1. The highest BCUT2D eigenvalue weighted by Gasteiger charge is 2.27. The van der Waals surface area contributed by atoms with Crippen molar-refractivity contribution in [1.29, 1.82) is 0 Å². The van der Waals surface area contributed by atoms with Crippen molar-refractivity contribution in [2.24, 2.45) is 12.0 Å². The van der Waals surface area contributed by atoms with Gasteiger partial charge in [0.05, 0.1) is 11.9 Å². The van der Waals surface area contributed by atoms with Gasteiger partial charge in [0.25, 0.3) is 0 Å². The predicted molar refractivity (Wildman–Crippen MR) is 95.4 cm³/mol. The average Bonchev–Trinajstić information content (AvgIpc) is 3.04. The van der Waals surface area contributed by atoms with Crippen molar-refractivity contribution < 1.29 is 14.3 Å². The lowest BCUT2D eigenvalue weighted by molar-refractivity contribution is -0.120. The largest absolute Gasteiger partial charge is 0.505 e. The summed E-state index contributed by atoms with van der Waals surface area (Å²) < 4.78 is 15.1. The number of nitrogens with zero attached hydrogens (tertiary/aromatic N) is 5. The van der Waals surface area contributed by atoms with Crippen LogP contribution in [-0.4, -0.2) is 58.3 Å². The first kappa shape index (κ1) is 17.7. The lowest BCUT2D eigenvalue weighted by Crippen LogP contribution is -2.55. The third-order valence-electron chi connectivity index (χ3n) is 4.20. The molecule has 1 fully saturated rings. The molecule has 0 saturated carbocycles. The van der Waals surface area contributed by atoms with E-state index in [4.69, 9.17) is 0 Å². The first-order valence-corrected chi connectivity index (χ1v) is 8.20. The molecule has 2 heterocycles. The smallest absolute Gasteiger partial charge is 0.246 e. The number of rotatable bonds is 3. The molecule has 3 rings (SSSR count). The van der Waals surface area contributed by atoms with Crippen LogP contribution in [0.4, 0.5) is 10.1 Å². The van der Waals surface area contributed by atoms with Gasteiger partial charge in [-0.2, -0.15) is 5.10 Å². The van der Waals surface area contributed by atoms with Gasteiger partial charge in [-0.3, -0.25) is 14.5 Å². The Kier molecular flexibility index (Phi) is 5.06. The lowest BCUT2D eigenvalue weighted by Gasteiger charge is -2.35. The Hall–Kier alpha value is -3.10. The van der Waals surface area contributed by atoms with Crippen LogP contribution in [0, 0.1) is 5.82 Å². The highest BCUT2D eigenvalue weighted by atomic mass is 19.1. The maximum atomic E-state index is 13.4. The number of nitrogens with one attached hydrogen (secondary N) is 1. The fourth-order valence-corrected chi connectivity index (χ4v) is 2.85. The van der Waals surface area contributed by atoms with E-state index in [-0.39, 0.29) is 18.2 Å². The lowest BCUT2D eigenvalue weighted by atomic mass is 10.2. The van der Waals surface area contributed by atoms with E-state index in [1.54, 1.807) is 35.1 Å². The molecule has 2 N–H and O–H groups in total. The number of aromatic hydroxyl groups is 1. The minimum atomic E-state index is -0.667. The molecule has 9 heteroatoms. The van der Waals surface area contributed by atoms with Crippen LogP contribution in [-0.2, 0) is 18.4 Å². The molecule has 1 saturated heterocycles. The maximum absolute atomic E-state index is 13.4. The topological polar surface area (TPSA) is 86.0 Å². The Labute approximate surface area is 150 Å². The summed E-state index contributed by atoms with van der Waals surface area (Å²) in [5.41, 5.74) is 1.45. The van der Waals surface area contributed by atoms with Crippen LogP contribution in [0.3, 0.4) is 0 Å². The van der Waals surface area contributed by atoms with Crippen LogP contribution in [0.25, 0.3) is 0 Å². The Bertz CT molecular complexity index is 834. The van der Waals surface area contributed by atoms with Gasteiger partial charge in [-0.25, -0.2) is 4.39 Å². The molecule has 0 aliphatic carbocycles. The zero-order valence-electron chi connectivity index (χ0n) is 14.7. The summed E-state index contributed by atoms with van der Waals surface area (Å²) in [6.07, 6.45) is 3.47. The number of aromatic nitrogens is 2. The third-order valence-corrected chi connectivity index (χ3v) is 4.20. The number of aliphatic imine (C=N–C) groups is 1. The molecule has 0 unspecified atom stereocenters. The molecular weight excluding hydrogens is 339 g/mol. The molecule has 0 spiro atoms. The van der Waals surface area contributed by atoms with Crippen molar-refractivity contribution in [3.63, 3.8) is 0 Å². The quantitative estimate of drug-likeness (QED) is 0.621. The van der Waals surface area contributed by atoms with Gasteiger partial charge < -0.3 is 20.2 Å². The standard InChI is InChI=1S/C17H21FN6O2/c1-19-17(20-8-12-3-4-15(25)14(18)7-12)23-5-6-24(16(26)11-23)13-9-21-22(2)10-13/h3-4,7,9-10,25H,5-6,8,11H2,1-2H3,(H,19,20). The number of hydrogen-bond donors (Lipinski definition) is 2. The van der Waals surface area contributed by atoms with Gasteiger partial charge in [0.15, 0.2) is 17.5 Å². The fourth-order valence-electron chi connectivity index (χ4n) is 2.85. The number of benzene rings is 1. The second-order valence-electron chi connectivity index (χ2n) is 6.03. The van der Waals surface area contributed by atoms with Crippen molar-refractivity contribution in [1.82, 2.24) is 20.0 Å². The molecule has 0 atom stereocenters. The number of anilines is 1. The van der Waals surface area contributed by atoms with Crippen molar-refractivity contribution in [2.45, 2.75) is 6.54 Å². The summed E-state index contributed by atoms with van der Waals surface area (Å²) >= 11 is 0. The summed E-state index contributed by atoms with van der Waals surface area (Å²) in [6.45, 7) is 1.67. The van der Waals surface area contributed by atoms with E-state index in [2.05, 4.69) is 15.4 Å².